The molecule has 7 heteroatoms. The number of ether oxygens (including phenoxy) is 1. The van der Waals surface area contributed by atoms with E-state index in [1.165, 1.54) is 0 Å². The number of carbonyl (C=O) groups is 1. The average Bonchev–Trinajstić information content (AvgIpc) is 3.00. The highest BCUT2D eigenvalue weighted by Gasteiger charge is 2.16. The van der Waals surface area contributed by atoms with Gasteiger partial charge in [0.1, 0.15) is 11.4 Å². The zero-order valence-corrected chi connectivity index (χ0v) is 16.5. The highest BCUT2D eigenvalue weighted by atomic mass is 35.5. The van der Waals surface area contributed by atoms with E-state index in [0.717, 1.165) is 33.7 Å². The third kappa shape index (κ3) is 4.23. The quantitative estimate of drug-likeness (QED) is 0.525. The van der Waals surface area contributed by atoms with E-state index in [-0.39, 0.29) is 5.12 Å². The molecule has 4 nitrogen and oxygen atoms in total. The lowest BCUT2D eigenvalue weighted by Crippen LogP contribution is -2.06. The van der Waals surface area contributed by atoms with Crippen LogP contribution in [0.25, 0.3) is 0 Å². The van der Waals surface area contributed by atoms with Crippen LogP contribution < -0.4 is 4.74 Å². The van der Waals surface area contributed by atoms with Crippen LogP contribution in [0.3, 0.4) is 0 Å². The zero-order valence-electron chi connectivity index (χ0n) is 14.2. The van der Waals surface area contributed by atoms with E-state index in [1.54, 1.807) is 36.1 Å². The second-order valence-corrected chi connectivity index (χ2v) is 7.45. The monoisotopic (exact) mass is 406 g/mol. The summed E-state index contributed by atoms with van der Waals surface area (Å²) < 4.78 is 6.85. The highest BCUT2D eigenvalue weighted by Crippen LogP contribution is 2.27. The van der Waals surface area contributed by atoms with Crippen molar-refractivity contribution in [1.29, 1.82) is 0 Å². The molecule has 1 aromatic heterocycles. The van der Waals surface area contributed by atoms with Gasteiger partial charge in [-0.15, -0.1) is 0 Å². The Bertz CT molecular complexity index is 919. The molecule has 134 valence electrons. The lowest BCUT2D eigenvalue weighted by atomic mass is 10.2. The van der Waals surface area contributed by atoms with Crippen molar-refractivity contribution in [2.45, 2.75) is 18.4 Å². The van der Waals surface area contributed by atoms with Gasteiger partial charge in [0, 0.05) is 26.2 Å². The SMILES string of the molecule is COc1ccc(SC(=O)c2cc(C)n(Cc3c(Cl)cccc3Cl)n2)cc1. The van der Waals surface area contributed by atoms with Gasteiger partial charge in [-0.2, -0.15) is 5.10 Å². The summed E-state index contributed by atoms with van der Waals surface area (Å²) >= 11 is 13.6. The molecule has 0 radical (unpaired) electrons. The summed E-state index contributed by atoms with van der Waals surface area (Å²) in [6.45, 7) is 2.30. The molecule has 0 amide bonds. The van der Waals surface area contributed by atoms with E-state index in [4.69, 9.17) is 27.9 Å². The van der Waals surface area contributed by atoms with Crippen LogP contribution in [0.1, 0.15) is 21.7 Å². The van der Waals surface area contributed by atoms with Crippen LogP contribution in [0.2, 0.25) is 10.0 Å². The number of nitrogens with zero attached hydrogens (tertiary/aromatic N) is 2. The van der Waals surface area contributed by atoms with Gasteiger partial charge < -0.3 is 4.74 Å². The number of aryl methyl sites for hydroxylation is 1. The number of carbonyl (C=O) groups excluding carboxylic acids is 1. The van der Waals surface area contributed by atoms with E-state index in [1.807, 2.05) is 31.2 Å². The molecule has 3 rings (SSSR count). The van der Waals surface area contributed by atoms with Crippen molar-refractivity contribution in [3.05, 3.63) is 75.5 Å². The molecule has 1 heterocycles. The molecule has 0 aliphatic heterocycles. The van der Waals surface area contributed by atoms with E-state index in [9.17, 15) is 4.79 Å². The van der Waals surface area contributed by atoms with Gasteiger partial charge in [0.2, 0.25) is 5.12 Å². The van der Waals surface area contributed by atoms with E-state index in [0.29, 0.717) is 22.3 Å². The standard InChI is InChI=1S/C19H16Cl2N2O2S/c1-12-10-18(19(24)26-14-8-6-13(25-2)7-9-14)22-23(12)11-15-16(20)4-3-5-17(15)21/h3-10H,11H2,1-2H3. The molecule has 0 saturated carbocycles. The van der Waals surface area contributed by atoms with Gasteiger partial charge >= 0.3 is 0 Å². The van der Waals surface area contributed by atoms with Crippen LogP contribution in [0.4, 0.5) is 0 Å². The summed E-state index contributed by atoms with van der Waals surface area (Å²) in [5, 5.41) is 5.45. The number of hydrogen-bond acceptors (Lipinski definition) is 4. The van der Waals surface area contributed by atoms with Crippen molar-refractivity contribution in [2.24, 2.45) is 0 Å². The van der Waals surface area contributed by atoms with Crippen LogP contribution in [0.15, 0.2) is 53.4 Å². The van der Waals surface area contributed by atoms with Gasteiger partial charge in [-0.3, -0.25) is 9.48 Å². The Kier molecular flexibility index (Phi) is 5.91. The van der Waals surface area contributed by atoms with E-state index < -0.39 is 0 Å². The molecule has 0 N–H and O–H groups in total. The maximum Gasteiger partial charge on any atom is 0.244 e. The first-order valence-electron chi connectivity index (χ1n) is 7.81. The molecule has 0 bridgehead atoms. The van der Waals surface area contributed by atoms with E-state index in [2.05, 4.69) is 5.10 Å². The normalized spacial score (nSPS) is 10.8. The van der Waals surface area contributed by atoms with Crippen LogP contribution in [0, 0.1) is 6.92 Å². The van der Waals surface area contributed by atoms with Crippen LogP contribution in [-0.4, -0.2) is 22.0 Å². The minimum atomic E-state index is -0.123. The third-order valence-electron chi connectivity index (χ3n) is 3.83. The zero-order chi connectivity index (χ0) is 18.7. The Morgan fingerprint density at radius 2 is 1.81 bits per heavy atom. The summed E-state index contributed by atoms with van der Waals surface area (Å²) in [6.07, 6.45) is 0. The molecular formula is C19H16Cl2N2O2S. The molecule has 0 aliphatic carbocycles. The smallest absolute Gasteiger partial charge is 0.244 e. The Hall–Kier alpha value is -1.95. The Morgan fingerprint density at radius 1 is 1.15 bits per heavy atom. The number of thioether (sulfide) groups is 1. The van der Waals surface area contributed by atoms with Crippen molar-refractivity contribution in [3.63, 3.8) is 0 Å². The fourth-order valence-corrected chi connectivity index (χ4v) is 3.61. The fourth-order valence-electron chi connectivity index (χ4n) is 2.41. The van der Waals surface area contributed by atoms with Gasteiger partial charge in [-0.1, -0.05) is 29.3 Å². The Morgan fingerprint density at radius 3 is 2.42 bits per heavy atom. The molecule has 2 aromatic carbocycles. The minimum absolute atomic E-state index is 0.123. The summed E-state index contributed by atoms with van der Waals surface area (Å²) in [6, 6.07) is 14.5. The van der Waals surface area contributed by atoms with Crippen LogP contribution in [-0.2, 0) is 6.54 Å². The molecule has 26 heavy (non-hydrogen) atoms. The Labute approximate surface area is 166 Å². The number of halogens is 2. The van der Waals surface area contributed by atoms with Gasteiger partial charge in [-0.25, -0.2) is 0 Å². The van der Waals surface area contributed by atoms with Gasteiger partial charge in [0.15, 0.2) is 0 Å². The molecule has 0 spiro atoms. The molecule has 0 unspecified atom stereocenters. The maximum absolute atomic E-state index is 12.5. The first kappa shape index (κ1) is 18.8. The summed E-state index contributed by atoms with van der Waals surface area (Å²) in [7, 11) is 1.61. The average molecular weight is 407 g/mol. The van der Waals surface area contributed by atoms with Gasteiger partial charge in [0.05, 0.1) is 13.7 Å². The topological polar surface area (TPSA) is 44.1 Å². The van der Waals surface area contributed by atoms with Gasteiger partial charge in [-0.05, 0) is 61.2 Å². The minimum Gasteiger partial charge on any atom is -0.497 e. The predicted molar refractivity (Wildman–Crippen MR) is 106 cm³/mol. The number of methoxy groups -OCH3 is 1. The largest absolute Gasteiger partial charge is 0.497 e. The van der Waals surface area contributed by atoms with Crippen LogP contribution >= 0.6 is 35.0 Å². The maximum atomic E-state index is 12.5. The summed E-state index contributed by atoms with van der Waals surface area (Å²) in [4.78, 5) is 13.4. The lowest BCUT2D eigenvalue weighted by Gasteiger charge is -2.08. The first-order valence-corrected chi connectivity index (χ1v) is 9.38. The predicted octanol–water partition coefficient (Wildman–Crippen LogP) is 5.49. The molecule has 0 fully saturated rings. The Balaban J connectivity index is 1.77. The van der Waals surface area contributed by atoms with Crippen molar-refractivity contribution >= 4 is 40.1 Å². The number of benzene rings is 2. The molecular weight excluding hydrogens is 391 g/mol. The molecule has 0 aliphatic rings. The van der Waals surface area contributed by atoms with Crippen molar-refractivity contribution < 1.29 is 9.53 Å². The highest BCUT2D eigenvalue weighted by molar-refractivity contribution is 8.14. The molecule has 0 atom stereocenters. The third-order valence-corrected chi connectivity index (χ3v) is 5.44. The van der Waals surface area contributed by atoms with Gasteiger partial charge in [0.25, 0.3) is 0 Å². The number of rotatable bonds is 5. The van der Waals surface area contributed by atoms with E-state index >= 15 is 0 Å². The molecule has 0 saturated heterocycles. The summed E-state index contributed by atoms with van der Waals surface area (Å²) in [5.74, 6) is 0.749. The van der Waals surface area contributed by atoms with Crippen molar-refractivity contribution in [3.8, 4) is 5.75 Å². The fraction of sp³-hybridized carbons (Fsp3) is 0.158. The first-order chi connectivity index (χ1) is 12.5. The number of aromatic nitrogens is 2. The van der Waals surface area contributed by atoms with Crippen molar-refractivity contribution in [1.82, 2.24) is 9.78 Å². The second-order valence-electron chi connectivity index (χ2n) is 5.59. The second kappa shape index (κ2) is 8.16. The number of hydrogen-bond donors (Lipinski definition) is 0. The molecule has 3 aromatic rings. The van der Waals surface area contributed by atoms with Crippen molar-refractivity contribution in [2.75, 3.05) is 7.11 Å². The lowest BCUT2D eigenvalue weighted by molar-refractivity contribution is 0.108. The summed E-state index contributed by atoms with van der Waals surface area (Å²) in [5.41, 5.74) is 2.04. The van der Waals surface area contributed by atoms with Crippen LogP contribution in [0.5, 0.6) is 5.75 Å².